The van der Waals surface area contributed by atoms with Crippen LogP contribution in [0.1, 0.15) is 24.6 Å². The number of carboxylic acids is 2. The summed E-state index contributed by atoms with van der Waals surface area (Å²) in [5, 5.41) is 45.0. The maximum Gasteiger partial charge on any atom is 0.469 e. The number of nitrogens with one attached hydrogen (secondary N) is 3. The Kier molecular flexibility index (Phi) is 15.4. The van der Waals surface area contributed by atoms with Crippen LogP contribution in [0.25, 0.3) is 0 Å². The summed E-state index contributed by atoms with van der Waals surface area (Å²) in [4.78, 5) is 92.2. The van der Waals surface area contributed by atoms with Crippen LogP contribution in [0.15, 0.2) is 11.0 Å². The average Bonchev–Trinajstić information content (AvgIpc) is 3.28. The Bertz CT molecular complexity index is 1530. The number of carboxylic acid groups (broad SMARTS) is 2. The van der Waals surface area contributed by atoms with Crippen molar-refractivity contribution >= 4 is 55.1 Å². The summed E-state index contributed by atoms with van der Waals surface area (Å²) >= 11 is 0.903. The Morgan fingerprint density at radius 1 is 1.15 bits per heavy atom. The second-order valence-corrected chi connectivity index (χ2v) is 12.1. The van der Waals surface area contributed by atoms with Crippen LogP contribution in [0.3, 0.4) is 0 Å². The van der Waals surface area contributed by atoms with Gasteiger partial charge in [0.2, 0.25) is 17.7 Å². The van der Waals surface area contributed by atoms with Crippen molar-refractivity contribution < 1.29 is 68.0 Å². The lowest BCUT2D eigenvalue weighted by Gasteiger charge is -2.18. The van der Waals surface area contributed by atoms with Crippen LogP contribution in [-0.2, 0) is 37.8 Å². The normalized spacial score (nSPS) is 20.1. The Balaban J connectivity index is 1.96. The van der Waals surface area contributed by atoms with Crippen LogP contribution in [0.4, 0.5) is 5.82 Å². The molecule has 13 N–H and O–H groups in total. The second-order valence-electron chi connectivity index (χ2n) is 9.87. The Morgan fingerprint density at radius 3 is 2.46 bits per heavy atom. The number of phosphoric ester groups is 1. The van der Waals surface area contributed by atoms with Gasteiger partial charge in [-0.25, -0.2) is 9.36 Å². The summed E-state index contributed by atoms with van der Waals surface area (Å²) in [5.74, 6) is -0.386. The smallest absolute Gasteiger partial charge is 0.469 e. The van der Waals surface area contributed by atoms with Gasteiger partial charge in [-0.05, 0) is 6.42 Å². The summed E-state index contributed by atoms with van der Waals surface area (Å²) in [6.45, 7) is -1.79. The van der Waals surface area contributed by atoms with Crippen molar-refractivity contribution in [3.8, 4) is 11.8 Å². The number of hydrogen-bond acceptors (Lipinski definition) is 15. The molecule has 1 aliphatic rings. The lowest BCUT2D eigenvalue weighted by Crippen LogP contribution is -2.49. The first kappa shape index (κ1) is 40.1. The Labute approximate surface area is 274 Å². The van der Waals surface area contributed by atoms with Gasteiger partial charge in [0.05, 0.1) is 24.5 Å². The number of phosphoric acid groups is 1. The number of aliphatic carboxylic acids is 2. The van der Waals surface area contributed by atoms with Crippen LogP contribution in [0.5, 0.6) is 0 Å². The van der Waals surface area contributed by atoms with Crippen LogP contribution >= 0.6 is 19.6 Å². The van der Waals surface area contributed by atoms with Crippen molar-refractivity contribution in [1.29, 1.82) is 0 Å². The molecular formula is C24H34N7O15PS. The highest BCUT2D eigenvalue weighted by molar-refractivity contribution is 8.00. The van der Waals surface area contributed by atoms with Crippen molar-refractivity contribution in [2.24, 2.45) is 5.73 Å². The van der Waals surface area contributed by atoms with Crippen molar-refractivity contribution in [2.45, 2.75) is 49.5 Å². The zero-order chi connectivity index (χ0) is 36.2. The van der Waals surface area contributed by atoms with E-state index in [2.05, 4.69) is 37.3 Å². The highest BCUT2D eigenvalue weighted by Gasteiger charge is 2.45. The molecule has 24 heteroatoms. The SMILES string of the molecule is Nc1nc(=O)n([C@@H]2O[C@H](COP(=O)(O)O)[C@@H](O)[C@H]2O)cc1C#CCNC(=O)CSC[C@@H](NC(=O)CC[C@H](N)C(=O)O)C(=O)NCC(=O)O. The van der Waals surface area contributed by atoms with Gasteiger partial charge >= 0.3 is 25.5 Å². The highest BCUT2D eigenvalue weighted by atomic mass is 32.2. The van der Waals surface area contributed by atoms with Crippen molar-refractivity contribution in [3.05, 3.63) is 22.2 Å². The van der Waals surface area contributed by atoms with E-state index >= 15 is 0 Å². The van der Waals surface area contributed by atoms with E-state index in [1.165, 1.54) is 0 Å². The molecule has 0 bridgehead atoms. The van der Waals surface area contributed by atoms with Gasteiger partial charge in [0.15, 0.2) is 6.23 Å². The van der Waals surface area contributed by atoms with Crippen molar-refractivity contribution in [3.63, 3.8) is 0 Å². The average molecular weight is 724 g/mol. The number of aliphatic hydroxyl groups excluding tert-OH is 2. The minimum atomic E-state index is -4.92. The van der Waals surface area contributed by atoms with Crippen LogP contribution in [-0.4, -0.2) is 131 Å². The molecule has 1 fully saturated rings. The van der Waals surface area contributed by atoms with Crippen molar-refractivity contribution in [2.75, 3.05) is 36.9 Å². The summed E-state index contributed by atoms with van der Waals surface area (Å²) in [6, 6.07) is -2.57. The number of ether oxygens (including phenoxy) is 1. The summed E-state index contributed by atoms with van der Waals surface area (Å²) < 4.78 is 21.3. The second kappa shape index (κ2) is 18.4. The molecule has 1 aromatic heterocycles. The number of carbonyl (C=O) groups is 5. The fourth-order valence-electron chi connectivity index (χ4n) is 3.78. The minimum Gasteiger partial charge on any atom is -0.480 e. The van der Waals surface area contributed by atoms with Gasteiger partial charge in [-0.3, -0.25) is 33.1 Å². The first-order valence-electron chi connectivity index (χ1n) is 13.6. The molecule has 2 rings (SSSR count). The number of anilines is 1. The third kappa shape index (κ3) is 13.2. The molecular weight excluding hydrogens is 689 g/mol. The molecule has 0 spiro atoms. The standard InChI is InChI=1S/C24H34N7O15PS/c25-12(23(39)40)3-4-15(32)29-13(21(38)28-6-17(34)35)9-48-10-16(33)27-5-1-2-11-7-31(24(41)30-20(11)26)22-19(37)18(36)14(46-22)8-45-47(42,43)44/h7,12-14,18-19,22,36-37H,3-6,8-10,25H2,(H,27,33)(H,28,38)(H,29,32)(H,34,35)(H,39,40)(H2,26,30,41)(H2,42,43,44)/t12-,13+,14+,18+,19+,22+/m0/s1. The Hall–Kier alpha value is -4.11. The molecule has 6 atom stereocenters. The summed E-state index contributed by atoms with van der Waals surface area (Å²) in [6.07, 6.45) is -5.89. The van der Waals surface area contributed by atoms with E-state index in [0.29, 0.717) is 0 Å². The van der Waals surface area contributed by atoms with E-state index in [-0.39, 0.29) is 42.3 Å². The minimum absolute atomic E-state index is 0.0475. The molecule has 0 unspecified atom stereocenters. The lowest BCUT2D eigenvalue weighted by atomic mass is 10.1. The zero-order valence-corrected chi connectivity index (χ0v) is 26.5. The molecule has 1 aliphatic heterocycles. The molecule has 0 radical (unpaired) electrons. The molecule has 22 nitrogen and oxygen atoms in total. The monoisotopic (exact) mass is 723 g/mol. The number of thioether (sulfide) groups is 1. The summed E-state index contributed by atoms with van der Waals surface area (Å²) in [7, 11) is -4.92. The largest absolute Gasteiger partial charge is 0.480 e. The van der Waals surface area contributed by atoms with E-state index in [1.54, 1.807) is 0 Å². The number of rotatable bonds is 17. The molecule has 2 heterocycles. The first-order valence-corrected chi connectivity index (χ1v) is 16.3. The first-order chi connectivity index (χ1) is 22.4. The maximum atomic E-state index is 12.4. The third-order valence-electron chi connectivity index (χ3n) is 6.18. The quantitative estimate of drug-likeness (QED) is 0.0528. The van der Waals surface area contributed by atoms with Gasteiger partial charge in [0.25, 0.3) is 0 Å². The fraction of sp³-hybridized carbons (Fsp3) is 0.542. The topological polar surface area (TPSA) is 365 Å². The van der Waals surface area contributed by atoms with E-state index in [0.717, 1.165) is 22.5 Å². The molecule has 48 heavy (non-hydrogen) atoms. The van der Waals surface area contributed by atoms with Gasteiger partial charge in [0, 0.05) is 18.4 Å². The summed E-state index contributed by atoms with van der Waals surface area (Å²) in [5.41, 5.74) is 10.1. The van der Waals surface area contributed by atoms with Crippen LogP contribution in [0.2, 0.25) is 0 Å². The molecule has 0 aromatic carbocycles. The van der Waals surface area contributed by atoms with Gasteiger partial charge in [0.1, 0.15) is 42.8 Å². The zero-order valence-electron chi connectivity index (χ0n) is 24.8. The highest BCUT2D eigenvalue weighted by Crippen LogP contribution is 2.38. The molecule has 266 valence electrons. The number of hydrogen-bond donors (Lipinski definition) is 11. The molecule has 1 aromatic rings. The molecule has 0 aliphatic carbocycles. The van der Waals surface area contributed by atoms with E-state index < -0.39 is 92.9 Å². The van der Waals surface area contributed by atoms with Crippen molar-refractivity contribution in [1.82, 2.24) is 25.5 Å². The molecule has 3 amide bonds. The fourth-order valence-corrected chi connectivity index (χ4v) is 4.99. The number of nitrogens with zero attached hydrogens (tertiary/aromatic N) is 2. The number of aromatic nitrogens is 2. The van der Waals surface area contributed by atoms with Crippen LogP contribution < -0.4 is 33.1 Å². The van der Waals surface area contributed by atoms with Gasteiger partial charge < -0.3 is 62.4 Å². The van der Waals surface area contributed by atoms with Gasteiger partial charge in [-0.2, -0.15) is 4.98 Å². The van der Waals surface area contributed by atoms with E-state index in [4.69, 9.17) is 36.2 Å². The van der Waals surface area contributed by atoms with Gasteiger partial charge in [-0.15, -0.1) is 11.8 Å². The number of carbonyl (C=O) groups excluding carboxylic acids is 3. The van der Waals surface area contributed by atoms with E-state index in [1.807, 2.05) is 0 Å². The molecule has 1 saturated heterocycles. The third-order valence-corrected chi connectivity index (χ3v) is 7.70. The molecule has 0 saturated carbocycles. The number of aliphatic hydroxyl groups is 2. The van der Waals surface area contributed by atoms with E-state index in [9.17, 15) is 43.5 Å². The Morgan fingerprint density at radius 2 is 1.83 bits per heavy atom. The predicted octanol–water partition coefficient (Wildman–Crippen LogP) is -5.37. The number of nitrogen functional groups attached to an aromatic ring is 1. The predicted molar refractivity (Wildman–Crippen MR) is 161 cm³/mol. The number of amides is 3. The van der Waals surface area contributed by atoms with Gasteiger partial charge in [-0.1, -0.05) is 11.8 Å². The van der Waals surface area contributed by atoms with Crippen LogP contribution in [0, 0.1) is 11.8 Å². The maximum absolute atomic E-state index is 12.4. The lowest BCUT2D eigenvalue weighted by molar-refractivity contribution is -0.139. The number of nitrogens with two attached hydrogens (primary N) is 2.